The van der Waals surface area contributed by atoms with Gasteiger partial charge in [-0.15, -0.1) is 0 Å². The van der Waals surface area contributed by atoms with Gasteiger partial charge < -0.3 is 5.73 Å². The molecule has 0 spiro atoms. The summed E-state index contributed by atoms with van der Waals surface area (Å²) in [4.78, 5) is 12.5. The normalized spacial score (nSPS) is 11.3. The molecule has 0 heterocycles. The second kappa shape index (κ2) is 3.97. The lowest BCUT2D eigenvalue weighted by Gasteiger charge is -2.06. The van der Waals surface area contributed by atoms with E-state index in [0.717, 1.165) is 0 Å². The lowest BCUT2D eigenvalue weighted by molar-refractivity contribution is 0.1000. The number of primary amides is 1. The first-order valence-corrected chi connectivity index (χ1v) is 5.49. The topological polar surface area (TPSA) is 115 Å². The predicted molar refractivity (Wildman–Crippen MR) is 54.2 cm³/mol. The van der Waals surface area contributed by atoms with Gasteiger partial charge in [0.05, 0.1) is 4.90 Å². The first-order chi connectivity index (χ1) is 6.88. The fraction of sp³-hybridized carbons (Fsp3) is 0.125. The van der Waals surface area contributed by atoms with Gasteiger partial charge in [0, 0.05) is 5.56 Å². The molecule has 1 amide bonds. The first kappa shape index (κ1) is 11.6. The van der Waals surface area contributed by atoms with Gasteiger partial charge in [0.1, 0.15) is 0 Å². The molecule has 1 aromatic carbocycles. The molecule has 0 fully saturated rings. The van der Waals surface area contributed by atoms with Crippen LogP contribution >= 0.6 is 0 Å². The van der Waals surface area contributed by atoms with Gasteiger partial charge in [-0.25, -0.2) is 8.42 Å². The number of benzene rings is 1. The van der Waals surface area contributed by atoms with Crippen molar-refractivity contribution >= 4 is 15.9 Å². The highest BCUT2D eigenvalue weighted by Gasteiger charge is 2.15. The van der Waals surface area contributed by atoms with Crippen LogP contribution in [-0.2, 0) is 10.0 Å². The molecule has 0 aromatic heterocycles. The number of hydrogen-bond donors (Lipinski definition) is 3. The summed E-state index contributed by atoms with van der Waals surface area (Å²) in [6.45, 7) is 1.55. The summed E-state index contributed by atoms with van der Waals surface area (Å²) in [7, 11) is -3.70. The van der Waals surface area contributed by atoms with Gasteiger partial charge in [-0.2, -0.15) is 4.83 Å². The van der Waals surface area contributed by atoms with E-state index in [1.54, 1.807) is 11.8 Å². The fourth-order valence-corrected chi connectivity index (χ4v) is 2.02. The molecule has 1 rings (SSSR count). The number of aryl methyl sites for hydroxylation is 1. The van der Waals surface area contributed by atoms with Crippen molar-refractivity contribution in [1.29, 1.82) is 0 Å². The number of amides is 1. The van der Waals surface area contributed by atoms with Crippen LogP contribution in [0.4, 0.5) is 0 Å². The third kappa shape index (κ3) is 2.32. The second-order valence-electron chi connectivity index (χ2n) is 2.97. The van der Waals surface area contributed by atoms with Crippen molar-refractivity contribution < 1.29 is 13.2 Å². The zero-order chi connectivity index (χ0) is 11.6. The smallest absolute Gasteiger partial charge is 0.253 e. The molecule has 0 aliphatic heterocycles. The Morgan fingerprint density at radius 3 is 2.40 bits per heavy atom. The standard InChI is InChI=1S/C8H11N3O3S/c1-5-4-6(8(9)12)2-3-7(5)15(13,14)11-10/h2-4,11H,10H2,1H3,(H2,9,12). The minimum atomic E-state index is -3.70. The summed E-state index contributed by atoms with van der Waals surface area (Å²) in [5.41, 5.74) is 5.71. The van der Waals surface area contributed by atoms with Crippen LogP contribution in [0.2, 0.25) is 0 Å². The van der Waals surface area contributed by atoms with E-state index in [2.05, 4.69) is 0 Å². The van der Waals surface area contributed by atoms with Crippen molar-refractivity contribution in [1.82, 2.24) is 4.83 Å². The molecule has 6 nitrogen and oxygen atoms in total. The largest absolute Gasteiger partial charge is 0.366 e. The monoisotopic (exact) mass is 229 g/mol. The summed E-state index contributed by atoms with van der Waals surface area (Å²) in [5.74, 6) is 4.27. The minimum Gasteiger partial charge on any atom is -0.366 e. The van der Waals surface area contributed by atoms with Gasteiger partial charge in [-0.05, 0) is 30.7 Å². The molecule has 15 heavy (non-hydrogen) atoms. The highest BCUT2D eigenvalue weighted by molar-refractivity contribution is 7.89. The summed E-state index contributed by atoms with van der Waals surface area (Å²) in [6, 6.07) is 4.01. The van der Waals surface area contributed by atoms with Crippen molar-refractivity contribution in [2.24, 2.45) is 11.6 Å². The Hall–Kier alpha value is -1.44. The Bertz CT molecular complexity index is 496. The number of nitrogens with two attached hydrogens (primary N) is 2. The van der Waals surface area contributed by atoms with E-state index in [9.17, 15) is 13.2 Å². The number of hydrogen-bond acceptors (Lipinski definition) is 4. The molecule has 0 atom stereocenters. The Morgan fingerprint density at radius 2 is 2.00 bits per heavy atom. The van der Waals surface area contributed by atoms with Crippen molar-refractivity contribution in [3.8, 4) is 0 Å². The molecule has 0 saturated carbocycles. The molecule has 0 aliphatic carbocycles. The number of hydrazine groups is 1. The number of carbonyl (C=O) groups is 1. The zero-order valence-corrected chi connectivity index (χ0v) is 8.84. The van der Waals surface area contributed by atoms with Crippen LogP contribution in [0.5, 0.6) is 0 Å². The fourth-order valence-electron chi connectivity index (χ4n) is 1.17. The van der Waals surface area contributed by atoms with Crippen LogP contribution in [0.3, 0.4) is 0 Å². The van der Waals surface area contributed by atoms with Crippen LogP contribution in [0.1, 0.15) is 15.9 Å². The summed E-state index contributed by atoms with van der Waals surface area (Å²) in [6.07, 6.45) is 0. The molecule has 82 valence electrons. The van der Waals surface area contributed by atoms with Crippen molar-refractivity contribution in [2.45, 2.75) is 11.8 Å². The van der Waals surface area contributed by atoms with Gasteiger partial charge >= 0.3 is 0 Å². The van der Waals surface area contributed by atoms with Gasteiger partial charge in [-0.3, -0.25) is 10.6 Å². The number of nitrogens with one attached hydrogen (secondary N) is 1. The van der Waals surface area contributed by atoms with Gasteiger partial charge in [0.2, 0.25) is 5.91 Å². The Morgan fingerprint density at radius 1 is 1.40 bits per heavy atom. The van der Waals surface area contributed by atoms with E-state index < -0.39 is 15.9 Å². The van der Waals surface area contributed by atoms with Crippen molar-refractivity contribution in [2.75, 3.05) is 0 Å². The van der Waals surface area contributed by atoms with Crippen LogP contribution in [-0.4, -0.2) is 14.3 Å². The van der Waals surface area contributed by atoms with Gasteiger partial charge in [-0.1, -0.05) is 0 Å². The summed E-state index contributed by atoms with van der Waals surface area (Å²) < 4.78 is 22.7. The molecular weight excluding hydrogens is 218 g/mol. The highest BCUT2D eigenvalue weighted by Crippen LogP contribution is 2.15. The highest BCUT2D eigenvalue weighted by atomic mass is 32.2. The minimum absolute atomic E-state index is 0.0231. The van der Waals surface area contributed by atoms with Crippen LogP contribution in [0.15, 0.2) is 23.1 Å². The second-order valence-corrected chi connectivity index (χ2v) is 4.65. The number of rotatable bonds is 3. The predicted octanol–water partition coefficient (Wildman–Crippen LogP) is -0.754. The van der Waals surface area contributed by atoms with Crippen LogP contribution in [0, 0.1) is 6.92 Å². The molecule has 0 bridgehead atoms. The first-order valence-electron chi connectivity index (χ1n) is 4.01. The lowest BCUT2D eigenvalue weighted by atomic mass is 10.1. The maximum atomic E-state index is 11.4. The van der Waals surface area contributed by atoms with Gasteiger partial charge in [0.15, 0.2) is 0 Å². The summed E-state index contributed by atoms with van der Waals surface area (Å²) in [5, 5.41) is 0. The Kier molecular flexibility index (Phi) is 3.08. The van der Waals surface area contributed by atoms with E-state index in [1.165, 1.54) is 18.2 Å². The molecule has 7 heteroatoms. The molecule has 0 saturated heterocycles. The third-order valence-electron chi connectivity index (χ3n) is 1.90. The molecular formula is C8H11N3O3S. The van der Waals surface area contributed by atoms with E-state index in [4.69, 9.17) is 11.6 Å². The van der Waals surface area contributed by atoms with E-state index in [-0.39, 0.29) is 10.5 Å². The van der Waals surface area contributed by atoms with E-state index >= 15 is 0 Å². The van der Waals surface area contributed by atoms with Crippen LogP contribution < -0.4 is 16.4 Å². The molecule has 5 N–H and O–H groups in total. The van der Waals surface area contributed by atoms with Crippen LogP contribution in [0.25, 0.3) is 0 Å². The molecule has 0 radical (unpaired) electrons. The SMILES string of the molecule is Cc1cc(C(N)=O)ccc1S(=O)(=O)NN. The maximum absolute atomic E-state index is 11.4. The number of sulfonamides is 1. The molecule has 1 aromatic rings. The lowest BCUT2D eigenvalue weighted by Crippen LogP contribution is -2.30. The zero-order valence-electron chi connectivity index (χ0n) is 8.02. The van der Waals surface area contributed by atoms with Gasteiger partial charge in [0.25, 0.3) is 10.0 Å². The summed E-state index contributed by atoms with van der Waals surface area (Å²) >= 11 is 0. The van der Waals surface area contributed by atoms with E-state index in [1.807, 2.05) is 0 Å². The maximum Gasteiger partial charge on any atom is 0.253 e. The van der Waals surface area contributed by atoms with Crippen molar-refractivity contribution in [3.05, 3.63) is 29.3 Å². The average molecular weight is 229 g/mol. The number of carbonyl (C=O) groups excluding carboxylic acids is 1. The van der Waals surface area contributed by atoms with E-state index in [0.29, 0.717) is 5.56 Å². The molecule has 0 aliphatic rings. The Balaban J connectivity index is 3.32. The third-order valence-corrected chi connectivity index (χ3v) is 3.25. The quantitative estimate of drug-likeness (QED) is 0.467. The average Bonchev–Trinajstić information content (AvgIpc) is 2.17. The Labute approximate surface area is 87.3 Å². The molecule has 0 unspecified atom stereocenters. The van der Waals surface area contributed by atoms with Crippen molar-refractivity contribution in [3.63, 3.8) is 0 Å².